The molecular weight excluding hydrogens is 296 g/mol. The van der Waals surface area contributed by atoms with E-state index in [0.717, 1.165) is 24.2 Å². The Kier molecular flexibility index (Phi) is 3.49. The summed E-state index contributed by atoms with van der Waals surface area (Å²) in [7, 11) is 0. The molecule has 1 aromatic carbocycles. The molecule has 4 rings (SSSR count). The second-order valence-electron chi connectivity index (χ2n) is 5.40. The van der Waals surface area contributed by atoms with Crippen LogP contribution in [0.1, 0.15) is 22.5 Å². The first kappa shape index (κ1) is 13.9. The van der Waals surface area contributed by atoms with Crippen LogP contribution in [0.4, 0.5) is 5.69 Å². The maximum atomic E-state index is 12.5. The topological polar surface area (TPSA) is 69.7 Å². The number of ether oxygens (including phenoxy) is 3. The number of carbonyl (C=O) groups excluding carboxylic acids is 1. The Hall–Kier alpha value is -2.76. The van der Waals surface area contributed by atoms with Gasteiger partial charge in [-0.25, -0.2) is 4.98 Å². The lowest BCUT2D eigenvalue weighted by molar-refractivity contribution is 0.101. The molecule has 0 unspecified atom stereocenters. The zero-order valence-corrected chi connectivity index (χ0v) is 12.5. The molecule has 1 aromatic heterocycles. The summed E-state index contributed by atoms with van der Waals surface area (Å²) >= 11 is 0. The van der Waals surface area contributed by atoms with Crippen molar-refractivity contribution in [2.24, 2.45) is 0 Å². The smallest absolute Gasteiger partial charge is 0.274 e. The van der Waals surface area contributed by atoms with Gasteiger partial charge in [-0.2, -0.15) is 0 Å². The third-order valence-corrected chi connectivity index (χ3v) is 3.82. The minimum Gasteiger partial charge on any atom is -0.491 e. The minimum atomic E-state index is -0.301. The van der Waals surface area contributed by atoms with Gasteiger partial charge in [-0.3, -0.25) is 4.79 Å². The lowest BCUT2D eigenvalue weighted by Gasteiger charge is -2.20. The third-order valence-electron chi connectivity index (χ3n) is 3.82. The molecule has 23 heavy (non-hydrogen) atoms. The normalized spacial score (nSPS) is 15.3. The average molecular weight is 312 g/mol. The standard InChI is InChI=1S/C17H16N2O4/c20-16(13-6-7-14-17(19-13)23-10-9-21-14)18-12-5-1-3-11-4-2-8-22-15(11)12/h1,3,5-7H,2,4,8-10H2,(H,18,20). The Morgan fingerprint density at radius 2 is 1.96 bits per heavy atom. The molecule has 118 valence electrons. The molecular formula is C17H16N2O4. The van der Waals surface area contributed by atoms with Crippen molar-refractivity contribution in [2.45, 2.75) is 12.8 Å². The number of rotatable bonds is 2. The van der Waals surface area contributed by atoms with Crippen LogP contribution in [0, 0.1) is 0 Å². The number of aromatic nitrogens is 1. The molecule has 0 radical (unpaired) electrons. The van der Waals surface area contributed by atoms with Crippen LogP contribution in [0.3, 0.4) is 0 Å². The molecule has 1 amide bonds. The second kappa shape index (κ2) is 5.79. The fourth-order valence-electron chi connectivity index (χ4n) is 2.73. The van der Waals surface area contributed by atoms with Crippen molar-refractivity contribution in [3.63, 3.8) is 0 Å². The van der Waals surface area contributed by atoms with Gasteiger partial charge in [0, 0.05) is 0 Å². The highest BCUT2D eigenvalue weighted by molar-refractivity contribution is 6.04. The van der Waals surface area contributed by atoms with E-state index < -0.39 is 0 Å². The van der Waals surface area contributed by atoms with E-state index in [0.29, 0.717) is 37.1 Å². The van der Waals surface area contributed by atoms with E-state index in [2.05, 4.69) is 10.3 Å². The largest absolute Gasteiger partial charge is 0.491 e. The molecule has 0 bridgehead atoms. The molecule has 1 N–H and O–H groups in total. The Labute approximate surface area is 133 Å². The Balaban J connectivity index is 1.59. The zero-order chi connectivity index (χ0) is 15.6. The highest BCUT2D eigenvalue weighted by Crippen LogP contribution is 2.33. The van der Waals surface area contributed by atoms with Gasteiger partial charge in [0.1, 0.15) is 24.7 Å². The van der Waals surface area contributed by atoms with Crippen molar-refractivity contribution in [3.8, 4) is 17.4 Å². The summed E-state index contributed by atoms with van der Waals surface area (Å²) in [6.45, 7) is 1.60. The predicted molar refractivity (Wildman–Crippen MR) is 83.4 cm³/mol. The molecule has 2 aliphatic heterocycles. The average Bonchev–Trinajstić information content (AvgIpc) is 2.61. The number of fused-ring (bicyclic) bond motifs is 2. The second-order valence-corrected chi connectivity index (χ2v) is 5.40. The molecule has 3 heterocycles. The highest BCUT2D eigenvalue weighted by Gasteiger charge is 2.19. The van der Waals surface area contributed by atoms with Gasteiger partial charge in [0.15, 0.2) is 5.75 Å². The number of hydrogen-bond donors (Lipinski definition) is 1. The van der Waals surface area contributed by atoms with Gasteiger partial charge in [-0.15, -0.1) is 0 Å². The van der Waals surface area contributed by atoms with Gasteiger partial charge in [-0.1, -0.05) is 12.1 Å². The molecule has 0 spiro atoms. The summed E-state index contributed by atoms with van der Waals surface area (Å²) in [5, 5.41) is 2.87. The van der Waals surface area contributed by atoms with Crippen LogP contribution < -0.4 is 19.5 Å². The Morgan fingerprint density at radius 3 is 2.91 bits per heavy atom. The number of pyridine rings is 1. The summed E-state index contributed by atoms with van der Waals surface area (Å²) < 4.78 is 16.5. The lowest BCUT2D eigenvalue weighted by Crippen LogP contribution is -2.20. The van der Waals surface area contributed by atoms with Gasteiger partial charge in [-0.05, 0) is 36.6 Å². The maximum absolute atomic E-state index is 12.5. The fourth-order valence-corrected chi connectivity index (χ4v) is 2.73. The van der Waals surface area contributed by atoms with Gasteiger partial charge >= 0.3 is 0 Å². The Bertz CT molecular complexity index is 760. The number of nitrogens with one attached hydrogen (secondary N) is 1. The van der Waals surface area contributed by atoms with Crippen molar-refractivity contribution in [1.29, 1.82) is 0 Å². The van der Waals surface area contributed by atoms with E-state index in [1.165, 1.54) is 0 Å². The number of carbonyl (C=O) groups is 1. The van der Waals surface area contributed by atoms with Crippen molar-refractivity contribution in [2.75, 3.05) is 25.1 Å². The van der Waals surface area contributed by atoms with Crippen molar-refractivity contribution < 1.29 is 19.0 Å². The highest BCUT2D eigenvalue weighted by atomic mass is 16.6. The quantitative estimate of drug-likeness (QED) is 0.922. The van der Waals surface area contributed by atoms with E-state index in [4.69, 9.17) is 14.2 Å². The number of hydrogen-bond acceptors (Lipinski definition) is 5. The predicted octanol–water partition coefficient (Wildman–Crippen LogP) is 2.43. The minimum absolute atomic E-state index is 0.280. The number of anilines is 1. The fraction of sp³-hybridized carbons (Fsp3) is 0.294. The van der Waals surface area contributed by atoms with Gasteiger partial charge in [0.05, 0.1) is 12.3 Å². The van der Waals surface area contributed by atoms with E-state index in [1.807, 2.05) is 18.2 Å². The van der Waals surface area contributed by atoms with Crippen LogP contribution in [-0.2, 0) is 6.42 Å². The number of benzene rings is 1. The van der Waals surface area contributed by atoms with Crippen molar-refractivity contribution >= 4 is 11.6 Å². The first-order chi connectivity index (χ1) is 11.3. The van der Waals surface area contributed by atoms with Crippen LogP contribution in [0.2, 0.25) is 0 Å². The van der Waals surface area contributed by atoms with Crippen LogP contribution in [0.15, 0.2) is 30.3 Å². The van der Waals surface area contributed by atoms with Crippen LogP contribution in [0.25, 0.3) is 0 Å². The molecule has 0 saturated carbocycles. The monoisotopic (exact) mass is 312 g/mol. The van der Waals surface area contributed by atoms with E-state index in [1.54, 1.807) is 12.1 Å². The number of aryl methyl sites for hydroxylation is 1. The first-order valence-electron chi connectivity index (χ1n) is 7.64. The molecule has 0 saturated heterocycles. The molecule has 2 aliphatic rings. The van der Waals surface area contributed by atoms with Crippen LogP contribution >= 0.6 is 0 Å². The molecule has 0 aliphatic carbocycles. The summed E-state index contributed by atoms with van der Waals surface area (Å²) in [5.74, 6) is 1.37. The van der Waals surface area contributed by atoms with Gasteiger partial charge < -0.3 is 19.5 Å². The number of nitrogens with zero attached hydrogens (tertiary/aromatic N) is 1. The van der Waals surface area contributed by atoms with Gasteiger partial charge in [0.2, 0.25) is 0 Å². The summed E-state index contributed by atoms with van der Waals surface area (Å²) in [5.41, 5.74) is 2.07. The summed E-state index contributed by atoms with van der Waals surface area (Å²) in [6, 6.07) is 9.10. The Morgan fingerprint density at radius 1 is 1.04 bits per heavy atom. The first-order valence-corrected chi connectivity index (χ1v) is 7.64. The van der Waals surface area contributed by atoms with Crippen molar-refractivity contribution in [1.82, 2.24) is 4.98 Å². The van der Waals surface area contributed by atoms with E-state index >= 15 is 0 Å². The number of amides is 1. The molecule has 2 aromatic rings. The third kappa shape index (κ3) is 2.67. The van der Waals surface area contributed by atoms with Crippen LogP contribution in [0.5, 0.6) is 17.4 Å². The lowest BCUT2D eigenvalue weighted by atomic mass is 10.1. The summed E-state index contributed by atoms with van der Waals surface area (Å²) in [4.78, 5) is 16.7. The van der Waals surface area contributed by atoms with Crippen LogP contribution in [-0.4, -0.2) is 30.7 Å². The van der Waals surface area contributed by atoms with E-state index in [-0.39, 0.29) is 11.6 Å². The molecule has 0 fully saturated rings. The maximum Gasteiger partial charge on any atom is 0.274 e. The number of para-hydroxylation sites is 1. The van der Waals surface area contributed by atoms with E-state index in [9.17, 15) is 4.79 Å². The molecule has 6 nitrogen and oxygen atoms in total. The van der Waals surface area contributed by atoms with Gasteiger partial charge in [0.25, 0.3) is 11.8 Å². The van der Waals surface area contributed by atoms with Crippen molar-refractivity contribution in [3.05, 3.63) is 41.6 Å². The molecule has 0 atom stereocenters. The summed E-state index contributed by atoms with van der Waals surface area (Å²) in [6.07, 6.45) is 1.95. The molecule has 6 heteroatoms. The SMILES string of the molecule is O=C(Nc1cccc2c1OCCC2)c1ccc2c(n1)OCCO2. The zero-order valence-electron chi connectivity index (χ0n) is 12.5.